The molecule has 2 nitrogen and oxygen atoms in total. The predicted molar refractivity (Wildman–Crippen MR) is 63.9 cm³/mol. The van der Waals surface area contributed by atoms with Gasteiger partial charge in [0.2, 0.25) is 0 Å². The summed E-state index contributed by atoms with van der Waals surface area (Å²) in [4.78, 5) is 4.45. The summed E-state index contributed by atoms with van der Waals surface area (Å²) in [6.45, 7) is 3.33. The summed E-state index contributed by atoms with van der Waals surface area (Å²) < 4.78 is 0. The monoisotopic (exact) mass is 212 g/mol. The minimum Gasteiger partial charge on any atom is -0.362 e. The van der Waals surface area contributed by atoms with Crippen molar-refractivity contribution in [2.24, 2.45) is 10.9 Å². The molecule has 1 N–H and O–H groups in total. The Kier molecular flexibility index (Phi) is 3.74. The predicted octanol–water partition coefficient (Wildman–Crippen LogP) is 2.65. The van der Waals surface area contributed by atoms with Crippen LogP contribution in [-0.4, -0.2) is 23.5 Å². The van der Waals surface area contributed by atoms with Crippen LogP contribution in [0.3, 0.4) is 0 Å². The maximum absolute atomic E-state index is 4.45. The van der Waals surface area contributed by atoms with Crippen LogP contribution in [0.4, 0.5) is 0 Å². The van der Waals surface area contributed by atoms with Gasteiger partial charge in [-0.05, 0) is 18.8 Å². The summed E-state index contributed by atoms with van der Waals surface area (Å²) in [6, 6.07) is 0.707. The van der Waals surface area contributed by atoms with Crippen LogP contribution in [0.15, 0.2) is 4.99 Å². The second kappa shape index (κ2) is 5.06. The van der Waals surface area contributed by atoms with Crippen molar-refractivity contribution in [2.45, 2.75) is 45.1 Å². The van der Waals surface area contributed by atoms with Gasteiger partial charge in [-0.2, -0.15) is 0 Å². The molecular weight excluding hydrogens is 192 g/mol. The Morgan fingerprint density at radius 1 is 1.50 bits per heavy atom. The second-order valence-corrected chi connectivity index (χ2v) is 5.40. The number of hydrogen-bond acceptors (Lipinski definition) is 3. The quantitative estimate of drug-likeness (QED) is 0.761. The normalized spacial score (nSPS) is 32.8. The SMILES string of the molecule is CCC1CCCC(NC2=NCCS2)C1. The highest BCUT2D eigenvalue weighted by atomic mass is 32.2. The van der Waals surface area contributed by atoms with Gasteiger partial charge in [-0.1, -0.05) is 37.9 Å². The zero-order valence-electron chi connectivity index (χ0n) is 8.96. The number of thioether (sulfide) groups is 1. The van der Waals surface area contributed by atoms with Gasteiger partial charge in [0.15, 0.2) is 5.17 Å². The third kappa shape index (κ3) is 2.66. The minimum absolute atomic E-state index is 0.707. The van der Waals surface area contributed by atoms with Crippen LogP contribution in [0.5, 0.6) is 0 Å². The van der Waals surface area contributed by atoms with E-state index in [1.165, 1.54) is 43.0 Å². The van der Waals surface area contributed by atoms with E-state index in [1.54, 1.807) is 0 Å². The van der Waals surface area contributed by atoms with Crippen LogP contribution >= 0.6 is 11.8 Å². The first-order valence-corrected chi connectivity index (χ1v) is 6.81. The van der Waals surface area contributed by atoms with Crippen LogP contribution in [0.2, 0.25) is 0 Å². The van der Waals surface area contributed by atoms with Gasteiger partial charge in [-0.25, -0.2) is 0 Å². The summed E-state index contributed by atoms with van der Waals surface area (Å²) in [6.07, 6.45) is 6.88. The third-order valence-electron chi connectivity index (χ3n) is 3.27. The van der Waals surface area contributed by atoms with E-state index in [9.17, 15) is 0 Å². The van der Waals surface area contributed by atoms with Gasteiger partial charge in [0, 0.05) is 11.8 Å². The topological polar surface area (TPSA) is 24.4 Å². The van der Waals surface area contributed by atoms with Crippen LogP contribution < -0.4 is 5.32 Å². The molecule has 0 spiro atoms. The molecule has 0 aromatic heterocycles. The molecule has 1 saturated carbocycles. The Morgan fingerprint density at radius 3 is 3.14 bits per heavy atom. The van der Waals surface area contributed by atoms with Crippen LogP contribution in [0.1, 0.15) is 39.0 Å². The summed E-state index contributed by atoms with van der Waals surface area (Å²) in [5.41, 5.74) is 0. The van der Waals surface area contributed by atoms with E-state index < -0.39 is 0 Å². The van der Waals surface area contributed by atoms with E-state index in [2.05, 4.69) is 17.2 Å². The summed E-state index contributed by atoms with van der Waals surface area (Å²) in [7, 11) is 0. The van der Waals surface area contributed by atoms with E-state index in [4.69, 9.17) is 0 Å². The number of rotatable bonds is 2. The van der Waals surface area contributed by atoms with Crippen LogP contribution in [0, 0.1) is 5.92 Å². The van der Waals surface area contributed by atoms with E-state index in [1.807, 2.05) is 11.8 Å². The van der Waals surface area contributed by atoms with Crippen molar-refractivity contribution in [3.05, 3.63) is 0 Å². The fourth-order valence-corrected chi connectivity index (χ4v) is 3.20. The molecule has 1 aliphatic carbocycles. The average molecular weight is 212 g/mol. The molecular formula is C11H20N2S. The Balaban J connectivity index is 1.79. The molecule has 0 saturated heterocycles. The Labute approximate surface area is 90.9 Å². The van der Waals surface area contributed by atoms with E-state index in [0.29, 0.717) is 6.04 Å². The van der Waals surface area contributed by atoms with Gasteiger partial charge in [-0.3, -0.25) is 4.99 Å². The lowest BCUT2D eigenvalue weighted by atomic mass is 9.84. The standard InChI is InChI=1S/C11H20N2S/c1-2-9-4-3-5-10(8-9)13-11-12-6-7-14-11/h9-10H,2-8H2,1H3,(H,12,13). The zero-order valence-corrected chi connectivity index (χ0v) is 9.78. The molecule has 0 aromatic carbocycles. The first-order valence-electron chi connectivity index (χ1n) is 5.82. The fourth-order valence-electron chi connectivity index (χ4n) is 2.39. The first-order chi connectivity index (χ1) is 6.88. The zero-order chi connectivity index (χ0) is 9.80. The minimum atomic E-state index is 0.707. The molecule has 1 aliphatic heterocycles. The maximum atomic E-state index is 4.45. The van der Waals surface area contributed by atoms with Gasteiger partial charge in [0.25, 0.3) is 0 Å². The molecule has 0 aromatic rings. The smallest absolute Gasteiger partial charge is 0.156 e. The molecule has 2 atom stereocenters. The highest BCUT2D eigenvalue weighted by molar-refractivity contribution is 8.14. The van der Waals surface area contributed by atoms with Crippen LogP contribution in [0.25, 0.3) is 0 Å². The first kappa shape index (κ1) is 10.3. The molecule has 2 aliphatic rings. The Hall–Kier alpha value is -0.180. The number of hydrogen-bond donors (Lipinski definition) is 1. The van der Waals surface area contributed by atoms with Gasteiger partial charge in [-0.15, -0.1) is 0 Å². The van der Waals surface area contributed by atoms with Crippen molar-refractivity contribution >= 4 is 16.9 Å². The lowest BCUT2D eigenvalue weighted by molar-refractivity contribution is 0.300. The van der Waals surface area contributed by atoms with Crippen molar-refractivity contribution in [2.75, 3.05) is 12.3 Å². The average Bonchev–Trinajstić information content (AvgIpc) is 2.71. The lowest BCUT2D eigenvalue weighted by Crippen LogP contribution is -2.36. The lowest BCUT2D eigenvalue weighted by Gasteiger charge is -2.29. The fraction of sp³-hybridized carbons (Fsp3) is 0.909. The Bertz CT molecular complexity index is 215. The largest absolute Gasteiger partial charge is 0.362 e. The number of nitrogens with zero attached hydrogens (tertiary/aromatic N) is 1. The van der Waals surface area contributed by atoms with E-state index >= 15 is 0 Å². The van der Waals surface area contributed by atoms with E-state index in [-0.39, 0.29) is 0 Å². The van der Waals surface area contributed by atoms with Gasteiger partial charge in [0.05, 0.1) is 6.54 Å². The molecule has 3 heteroatoms. The van der Waals surface area contributed by atoms with Crippen LogP contribution in [-0.2, 0) is 0 Å². The molecule has 80 valence electrons. The van der Waals surface area contributed by atoms with Crippen molar-refractivity contribution < 1.29 is 0 Å². The molecule has 2 rings (SSSR count). The maximum Gasteiger partial charge on any atom is 0.156 e. The number of amidine groups is 1. The molecule has 0 radical (unpaired) electrons. The molecule has 0 amide bonds. The van der Waals surface area contributed by atoms with Crippen molar-refractivity contribution in [1.82, 2.24) is 5.32 Å². The van der Waals surface area contributed by atoms with Crippen molar-refractivity contribution in [3.8, 4) is 0 Å². The number of nitrogens with one attached hydrogen (secondary N) is 1. The molecule has 2 unspecified atom stereocenters. The Morgan fingerprint density at radius 2 is 2.43 bits per heavy atom. The third-order valence-corrected chi connectivity index (χ3v) is 4.18. The molecule has 1 heterocycles. The van der Waals surface area contributed by atoms with Crippen molar-refractivity contribution in [1.29, 1.82) is 0 Å². The molecule has 0 bridgehead atoms. The second-order valence-electron chi connectivity index (χ2n) is 4.32. The summed E-state index contributed by atoms with van der Waals surface area (Å²) in [5, 5.41) is 4.80. The molecule has 1 fully saturated rings. The summed E-state index contributed by atoms with van der Waals surface area (Å²) >= 11 is 1.88. The molecule has 14 heavy (non-hydrogen) atoms. The van der Waals surface area contributed by atoms with Crippen molar-refractivity contribution in [3.63, 3.8) is 0 Å². The number of aliphatic imine (C=N–C) groups is 1. The highest BCUT2D eigenvalue weighted by Crippen LogP contribution is 2.27. The van der Waals surface area contributed by atoms with Gasteiger partial charge < -0.3 is 5.32 Å². The summed E-state index contributed by atoms with van der Waals surface area (Å²) in [5.74, 6) is 2.12. The highest BCUT2D eigenvalue weighted by Gasteiger charge is 2.22. The van der Waals surface area contributed by atoms with Gasteiger partial charge >= 0.3 is 0 Å². The van der Waals surface area contributed by atoms with E-state index in [0.717, 1.165) is 12.5 Å². The van der Waals surface area contributed by atoms with Gasteiger partial charge in [0.1, 0.15) is 0 Å².